The second-order valence-corrected chi connectivity index (χ2v) is 6.19. The smallest absolute Gasteiger partial charge is 0.307 e. The first-order valence-corrected chi connectivity index (χ1v) is 7.52. The van der Waals surface area contributed by atoms with Gasteiger partial charge in [-0.3, -0.25) is 4.79 Å². The molecule has 0 saturated carbocycles. The molecule has 104 valence electrons. The van der Waals surface area contributed by atoms with Gasteiger partial charge in [-0.25, -0.2) is 13.4 Å². The Hall–Kier alpha value is -1.44. The van der Waals surface area contributed by atoms with Crippen molar-refractivity contribution in [3.8, 4) is 0 Å². The number of carboxylic acids is 1. The predicted molar refractivity (Wildman–Crippen MR) is 68.7 cm³/mol. The minimum absolute atomic E-state index is 0.174. The van der Waals surface area contributed by atoms with Gasteiger partial charge < -0.3 is 5.11 Å². The summed E-state index contributed by atoms with van der Waals surface area (Å²) in [5.41, 5.74) is 0. The molecule has 1 fully saturated rings. The molecule has 2 N–H and O–H groups in total. The molecule has 1 aliphatic heterocycles. The minimum atomic E-state index is -3.63. The molecule has 7 heteroatoms. The topological polar surface area (TPSA) is 86.7 Å². The molecule has 1 aromatic rings. The third-order valence-corrected chi connectivity index (χ3v) is 4.46. The lowest BCUT2D eigenvalue weighted by Crippen LogP contribution is -2.48. The third kappa shape index (κ3) is 3.52. The maximum Gasteiger partial charge on any atom is 0.307 e. The maximum absolute atomic E-state index is 12.1. The predicted octanol–water partition coefficient (Wildman–Crippen LogP) is 0.676. The van der Waals surface area contributed by atoms with Gasteiger partial charge in [-0.05, 0) is 25.0 Å². The number of benzene rings is 1. The molecule has 1 heterocycles. The number of aliphatic carboxylic acids is 1. The molecule has 0 radical (unpaired) electrons. The molecule has 0 spiro atoms. The quantitative estimate of drug-likeness (QED) is 0.849. The van der Waals surface area contributed by atoms with E-state index in [0.717, 1.165) is 0 Å². The zero-order chi connectivity index (χ0) is 13.9. The SMILES string of the molecule is O=C(O)[C@H]1CCCN(NS(=O)(=O)c2ccccc2)C1. The van der Waals surface area contributed by atoms with E-state index in [9.17, 15) is 13.2 Å². The largest absolute Gasteiger partial charge is 0.481 e. The van der Waals surface area contributed by atoms with Gasteiger partial charge in [0.2, 0.25) is 0 Å². The third-order valence-electron chi connectivity index (χ3n) is 3.07. The van der Waals surface area contributed by atoms with Crippen molar-refractivity contribution in [2.45, 2.75) is 17.7 Å². The van der Waals surface area contributed by atoms with Gasteiger partial charge in [0.05, 0.1) is 10.8 Å². The second kappa shape index (κ2) is 5.68. The lowest BCUT2D eigenvalue weighted by molar-refractivity contribution is -0.143. The average Bonchev–Trinajstić information content (AvgIpc) is 2.39. The molecule has 0 aliphatic carbocycles. The Morgan fingerprint density at radius 3 is 2.63 bits per heavy atom. The van der Waals surface area contributed by atoms with Crippen LogP contribution in [0.2, 0.25) is 0 Å². The standard InChI is InChI=1S/C12H16N2O4S/c15-12(16)10-5-4-8-14(9-10)13-19(17,18)11-6-2-1-3-7-11/h1-3,6-7,10,13H,4-5,8-9H2,(H,15,16)/t10-/m0/s1. The number of sulfonamides is 1. The minimum Gasteiger partial charge on any atom is -0.481 e. The van der Waals surface area contributed by atoms with Gasteiger partial charge >= 0.3 is 5.97 Å². The van der Waals surface area contributed by atoms with Crippen LogP contribution in [-0.4, -0.2) is 37.6 Å². The zero-order valence-corrected chi connectivity index (χ0v) is 11.1. The summed E-state index contributed by atoms with van der Waals surface area (Å²) < 4.78 is 24.2. The molecule has 1 aliphatic rings. The Labute approximate surface area is 112 Å². The molecule has 1 atom stereocenters. The van der Waals surface area contributed by atoms with Crippen LogP contribution in [0.15, 0.2) is 35.2 Å². The first-order chi connectivity index (χ1) is 8.99. The summed E-state index contributed by atoms with van der Waals surface area (Å²) in [6.45, 7) is 0.719. The summed E-state index contributed by atoms with van der Waals surface area (Å²) in [6, 6.07) is 8.03. The van der Waals surface area contributed by atoms with Crippen molar-refractivity contribution in [3.05, 3.63) is 30.3 Å². The lowest BCUT2D eigenvalue weighted by Gasteiger charge is -2.30. The van der Waals surface area contributed by atoms with E-state index in [4.69, 9.17) is 5.11 Å². The summed E-state index contributed by atoms with van der Waals surface area (Å²) in [5.74, 6) is -1.41. The molecule has 19 heavy (non-hydrogen) atoms. The molecule has 0 unspecified atom stereocenters. The van der Waals surface area contributed by atoms with Gasteiger partial charge in [0.1, 0.15) is 0 Å². The highest BCUT2D eigenvalue weighted by Gasteiger charge is 2.28. The van der Waals surface area contributed by atoms with Crippen LogP contribution >= 0.6 is 0 Å². The highest BCUT2D eigenvalue weighted by Crippen LogP contribution is 2.16. The number of hydrazine groups is 1. The van der Waals surface area contributed by atoms with Gasteiger partial charge in [-0.1, -0.05) is 18.2 Å². The van der Waals surface area contributed by atoms with Crippen LogP contribution in [0.5, 0.6) is 0 Å². The summed E-state index contributed by atoms with van der Waals surface area (Å²) in [6.07, 6.45) is 1.24. The number of piperidine rings is 1. The Bertz CT molecular complexity index is 544. The van der Waals surface area contributed by atoms with E-state index in [1.807, 2.05) is 0 Å². The fraction of sp³-hybridized carbons (Fsp3) is 0.417. The van der Waals surface area contributed by atoms with Crippen molar-refractivity contribution in [2.24, 2.45) is 5.92 Å². The Morgan fingerprint density at radius 1 is 1.32 bits per heavy atom. The first kappa shape index (κ1) is 14.0. The normalized spacial score (nSPS) is 21.2. The Morgan fingerprint density at radius 2 is 2.00 bits per heavy atom. The number of nitrogens with one attached hydrogen (secondary N) is 1. The van der Waals surface area contributed by atoms with E-state index in [1.54, 1.807) is 18.2 Å². The van der Waals surface area contributed by atoms with E-state index in [-0.39, 0.29) is 11.4 Å². The fourth-order valence-electron chi connectivity index (χ4n) is 2.08. The first-order valence-electron chi connectivity index (χ1n) is 6.04. The van der Waals surface area contributed by atoms with Crippen molar-refractivity contribution in [3.63, 3.8) is 0 Å². The molecular weight excluding hydrogens is 268 g/mol. The van der Waals surface area contributed by atoms with E-state index >= 15 is 0 Å². The van der Waals surface area contributed by atoms with Crippen LogP contribution in [-0.2, 0) is 14.8 Å². The molecule has 1 aromatic carbocycles. The molecule has 0 amide bonds. The maximum atomic E-state index is 12.1. The van der Waals surface area contributed by atoms with Crippen LogP contribution in [0, 0.1) is 5.92 Å². The van der Waals surface area contributed by atoms with Crippen molar-refractivity contribution in [1.29, 1.82) is 0 Å². The summed E-state index contributed by atoms with van der Waals surface area (Å²) >= 11 is 0. The zero-order valence-electron chi connectivity index (χ0n) is 10.3. The van der Waals surface area contributed by atoms with Gasteiger partial charge in [0.25, 0.3) is 10.0 Å². The molecule has 2 rings (SSSR count). The number of hydrogen-bond donors (Lipinski definition) is 2. The number of nitrogens with zero attached hydrogens (tertiary/aromatic N) is 1. The molecule has 0 aromatic heterocycles. The van der Waals surface area contributed by atoms with E-state index in [0.29, 0.717) is 19.4 Å². The number of carboxylic acid groups (broad SMARTS) is 1. The van der Waals surface area contributed by atoms with Crippen LogP contribution in [0.25, 0.3) is 0 Å². The fourth-order valence-corrected chi connectivity index (χ4v) is 3.21. The summed E-state index contributed by atoms with van der Waals surface area (Å²) in [7, 11) is -3.63. The van der Waals surface area contributed by atoms with Gasteiger partial charge in [-0.2, -0.15) is 0 Å². The van der Waals surface area contributed by atoms with Gasteiger partial charge in [-0.15, -0.1) is 4.83 Å². The average molecular weight is 284 g/mol. The van der Waals surface area contributed by atoms with E-state index in [1.165, 1.54) is 17.1 Å². The molecule has 0 bridgehead atoms. The molecular formula is C12H16N2O4S. The monoisotopic (exact) mass is 284 g/mol. The highest BCUT2D eigenvalue weighted by atomic mass is 32.2. The van der Waals surface area contributed by atoms with E-state index < -0.39 is 21.9 Å². The number of carbonyl (C=O) groups is 1. The lowest BCUT2D eigenvalue weighted by atomic mass is 10.00. The Kier molecular flexibility index (Phi) is 4.18. The second-order valence-electron chi connectivity index (χ2n) is 4.53. The molecule has 6 nitrogen and oxygen atoms in total. The van der Waals surface area contributed by atoms with Crippen LogP contribution < -0.4 is 4.83 Å². The van der Waals surface area contributed by atoms with Gasteiger partial charge in [0, 0.05) is 13.1 Å². The molecule has 1 saturated heterocycles. The van der Waals surface area contributed by atoms with Crippen molar-refractivity contribution in [1.82, 2.24) is 9.84 Å². The number of hydrogen-bond acceptors (Lipinski definition) is 4. The van der Waals surface area contributed by atoms with Crippen LogP contribution in [0.3, 0.4) is 0 Å². The highest BCUT2D eigenvalue weighted by molar-refractivity contribution is 7.89. The summed E-state index contributed by atoms with van der Waals surface area (Å²) in [5, 5.41) is 10.4. The van der Waals surface area contributed by atoms with Gasteiger partial charge in [0.15, 0.2) is 0 Å². The van der Waals surface area contributed by atoms with Crippen molar-refractivity contribution >= 4 is 16.0 Å². The Balaban J connectivity index is 2.06. The van der Waals surface area contributed by atoms with Crippen LogP contribution in [0.4, 0.5) is 0 Å². The van der Waals surface area contributed by atoms with Crippen molar-refractivity contribution in [2.75, 3.05) is 13.1 Å². The van der Waals surface area contributed by atoms with Crippen molar-refractivity contribution < 1.29 is 18.3 Å². The van der Waals surface area contributed by atoms with Crippen LogP contribution in [0.1, 0.15) is 12.8 Å². The van der Waals surface area contributed by atoms with E-state index in [2.05, 4.69) is 4.83 Å². The number of rotatable bonds is 4. The summed E-state index contributed by atoms with van der Waals surface area (Å²) in [4.78, 5) is 13.5.